The van der Waals surface area contributed by atoms with Crippen LogP contribution in [-0.2, 0) is 25.4 Å². The van der Waals surface area contributed by atoms with Gasteiger partial charge < -0.3 is 35.5 Å². The van der Waals surface area contributed by atoms with Gasteiger partial charge in [0.25, 0.3) is 0 Å². The van der Waals surface area contributed by atoms with Gasteiger partial charge in [-0.15, -0.1) is 0 Å². The van der Waals surface area contributed by atoms with Gasteiger partial charge in [-0.2, -0.15) is 13.2 Å². The van der Waals surface area contributed by atoms with Crippen LogP contribution in [0.3, 0.4) is 0 Å². The molecule has 0 aromatic heterocycles. The summed E-state index contributed by atoms with van der Waals surface area (Å²) >= 11 is 0. The molecular formula is C33H34F6N4O6. The summed E-state index contributed by atoms with van der Waals surface area (Å²) in [6.45, 7) is -1.45. The van der Waals surface area contributed by atoms with Crippen molar-refractivity contribution >= 4 is 23.8 Å². The number of morpholine rings is 1. The molecule has 1 aliphatic rings. The van der Waals surface area contributed by atoms with E-state index in [9.17, 15) is 36.3 Å². The minimum atomic E-state index is -4.57. The molecule has 0 aliphatic carbocycles. The van der Waals surface area contributed by atoms with Crippen LogP contribution < -0.4 is 21.3 Å². The van der Waals surface area contributed by atoms with E-state index in [-0.39, 0.29) is 49.4 Å². The van der Waals surface area contributed by atoms with Crippen molar-refractivity contribution in [2.24, 2.45) is 0 Å². The Morgan fingerprint density at radius 3 is 2.35 bits per heavy atom. The highest BCUT2D eigenvalue weighted by molar-refractivity contribution is 5.98. The topological polar surface area (TPSA) is 127 Å². The predicted molar refractivity (Wildman–Crippen MR) is 164 cm³/mol. The smallest absolute Gasteiger partial charge is 0.407 e. The molecule has 4 rings (SSSR count). The van der Waals surface area contributed by atoms with Crippen LogP contribution in [0.15, 0.2) is 66.7 Å². The maximum absolute atomic E-state index is 15.2. The fraction of sp³-hybridized carbons (Fsp3) is 0.364. The van der Waals surface area contributed by atoms with Gasteiger partial charge in [-0.25, -0.2) is 22.8 Å². The molecule has 0 bridgehead atoms. The number of anilines is 1. The molecule has 0 radical (unpaired) electrons. The number of amides is 3. The van der Waals surface area contributed by atoms with E-state index in [1.54, 1.807) is 11.4 Å². The van der Waals surface area contributed by atoms with E-state index < -0.39 is 72.4 Å². The summed E-state index contributed by atoms with van der Waals surface area (Å²) in [5.41, 5.74) is 0.886. The second kappa shape index (κ2) is 17.0. The molecular weight excluding hydrogens is 662 g/mol. The zero-order valence-corrected chi connectivity index (χ0v) is 26.1. The standard InChI is InChI=1S/C33H34F6N4O6/c1-47-32(46)43-29(28(19-8-10-21(34)11-9-19)20-4-2-5-22(35)14-20)30(44)42-27-7-3-6-26(36)25(27)13-12-24-15-40-23(16-48-24)17-49-31(45)41-18-33(37,38)39/h2-11,14,23-24,28-29,40H,12-13,15-18H2,1H3,(H,41,45)(H,42,44)(H,43,46)/t23-,24+,28-,29-/m0/s1. The summed E-state index contributed by atoms with van der Waals surface area (Å²) in [7, 11) is 1.09. The lowest BCUT2D eigenvalue weighted by Crippen LogP contribution is -2.49. The molecule has 0 saturated carbocycles. The molecule has 1 aliphatic heterocycles. The number of ether oxygens (including phenoxy) is 3. The van der Waals surface area contributed by atoms with Crippen molar-refractivity contribution < 1.29 is 54.9 Å². The van der Waals surface area contributed by atoms with Crippen molar-refractivity contribution in [3.05, 3.63) is 101 Å². The second-order valence-electron chi connectivity index (χ2n) is 11.1. The molecule has 3 amide bonds. The molecule has 264 valence electrons. The largest absolute Gasteiger partial charge is 0.453 e. The summed E-state index contributed by atoms with van der Waals surface area (Å²) < 4.78 is 95.4. The molecule has 0 unspecified atom stereocenters. The number of halogens is 6. The van der Waals surface area contributed by atoms with Crippen LogP contribution in [0.1, 0.15) is 29.0 Å². The van der Waals surface area contributed by atoms with Gasteiger partial charge in [0, 0.05) is 23.7 Å². The minimum absolute atomic E-state index is 0.0593. The van der Waals surface area contributed by atoms with Crippen molar-refractivity contribution in [3.63, 3.8) is 0 Å². The van der Waals surface area contributed by atoms with E-state index in [1.165, 1.54) is 48.5 Å². The van der Waals surface area contributed by atoms with Crippen LogP contribution in [0.25, 0.3) is 0 Å². The highest BCUT2D eigenvalue weighted by Crippen LogP contribution is 2.31. The highest BCUT2D eigenvalue weighted by Gasteiger charge is 2.34. The molecule has 49 heavy (non-hydrogen) atoms. The monoisotopic (exact) mass is 696 g/mol. The number of carbonyl (C=O) groups excluding carboxylic acids is 3. The van der Waals surface area contributed by atoms with Gasteiger partial charge in [0.1, 0.15) is 36.6 Å². The Morgan fingerprint density at radius 2 is 1.69 bits per heavy atom. The molecule has 1 saturated heterocycles. The summed E-state index contributed by atoms with van der Waals surface area (Å²) in [4.78, 5) is 37.8. The summed E-state index contributed by atoms with van der Waals surface area (Å²) in [6, 6.07) is 12.6. The molecule has 1 fully saturated rings. The van der Waals surface area contributed by atoms with E-state index >= 15 is 4.39 Å². The first kappa shape index (κ1) is 37.0. The Bertz CT molecular complexity index is 1580. The number of nitrogens with one attached hydrogen (secondary N) is 4. The van der Waals surface area contributed by atoms with Crippen molar-refractivity contribution in [3.8, 4) is 0 Å². The van der Waals surface area contributed by atoms with Gasteiger partial charge in [-0.1, -0.05) is 30.3 Å². The third-order valence-corrected chi connectivity index (χ3v) is 7.62. The Morgan fingerprint density at radius 1 is 0.959 bits per heavy atom. The van der Waals surface area contributed by atoms with Crippen molar-refractivity contribution in [1.82, 2.24) is 16.0 Å². The number of benzene rings is 3. The minimum Gasteiger partial charge on any atom is -0.453 e. The quantitative estimate of drug-likeness (QED) is 0.193. The average molecular weight is 697 g/mol. The molecule has 10 nitrogen and oxygen atoms in total. The predicted octanol–water partition coefficient (Wildman–Crippen LogP) is 5.18. The van der Waals surface area contributed by atoms with Crippen LogP contribution >= 0.6 is 0 Å². The zero-order valence-electron chi connectivity index (χ0n) is 26.1. The van der Waals surface area contributed by atoms with Crippen LogP contribution in [-0.4, -0.2) is 75.9 Å². The van der Waals surface area contributed by atoms with Crippen LogP contribution in [0.2, 0.25) is 0 Å². The van der Waals surface area contributed by atoms with E-state index in [4.69, 9.17) is 14.2 Å². The lowest BCUT2D eigenvalue weighted by Gasteiger charge is -2.30. The Balaban J connectivity index is 1.45. The lowest BCUT2D eigenvalue weighted by molar-refractivity contribution is -0.124. The Labute approximate surface area is 277 Å². The first-order valence-corrected chi connectivity index (χ1v) is 15.1. The third-order valence-electron chi connectivity index (χ3n) is 7.62. The Kier molecular flexibility index (Phi) is 12.8. The molecule has 4 N–H and O–H groups in total. The number of alkyl carbamates (subject to hydrolysis) is 2. The number of rotatable bonds is 12. The number of carbonyl (C=O) groups is 3. The third kappa shape index (κ3) is 11.1. The average Bonchev–Trinajstić information content (AvgIpc) is 3.06. The zero-order chi connectivity index (χ0) is 35.6. The number of hydrogen-bond donors (Lipinski definition) is 4. The maximum atomic E-state index is 15.2. The van der Waals surface area contributed by atoms with Crippen LogP contribution in [0.4, 0.5) is 41.6 Å². The van der Waals surface area contributed by atoms with Crippen molar-refractivity contribution in [2.45, 2.75) is 43.1 Å². The molecule has 1 heterocycles. The van der Waals surface area contributed by atoms with Gasteiger partial charge in [-0.3, -0.25) is 4.79 Å². The van der Waals surface area contributed by atoms with E-state index in [0.717, 1.165) is 19.2 Å². The van der Waals surface area contributed by atoms with Gasteiger partial charge in [-0.05, 0) is 60.4 Å². The Hall–Kier alpha value is -4.83. The highest BCUT2D eigenvalue weighted by atomic mass is 19.4. The van der Waals surface area contributed by atoms with Gasteiger partial charge in [0.15, 0.2) is 0 Å². The number of alkyl halides is 3. The van der Waals surface area contributed by atoms with E-state index in [0.29, 0.717) is 5.56 Å². The number of methoxy groups -OCH3 is 1. The van der Waals surface area contributed by atoms with Gasteiger partial charge in [0.2, 0.25) is 5.91 Å². The molecule has 3 aromatic rings. The SMILES string of the molecule is COC(=O)N[C@H](C(=O)Nc1cccc(F)c1CC[C@@H]1CN[C@H](COC(=O)NCC(F)(F)F)CO1)[C@@H](c1ccc(F)cc1)c1cccc(F)c1. The maximum Gasteiger partial charge on any atom is 0.407 e. The summed E-state index contributed by atoms with van der Waals surface area (Å²) in [5, 5.41) is 9.81. The number of hydrogen-bond acceptors (Lipinski definition) is 7. The first-order valence-electron chi connectivity index (χ1n) is 15.1. The lowest BCUT2D eigenvalue weighted by atomic mass is 9.84. The van der Waals surface area contributed by atoms with Gasteiger partial charge >= 0.3 is 18.4 Å². The fourth-order valence-electron chi connectivity index (χ4n) is 5.24. The van der Waals surface area contributed by atoms with Crippen molar-refractivity contribution in [1.29, 1.82) is 0 Å². The molecule has 0 spiro atoms. The van der Waals surface area contributed by atoms with E-state index in [2.05, 4.69) is 16.0 Å². The van der Waals surface area contributed by atoms with Crippen LogP contribution in [0, 0.1) is 17.5 Å². The van der Waals surface area contributed by atoms with Crippen molar-refractivity contribution in [2.75, 3.05) is 38.7 Å². The second-order valence-corrected chi connectivity index (χ2v) is 11.1. The fourth-order valence-corrected chi connectivity index (χ4v) is 5.24. The molecule has 3 aromatic carbocycles. The molecule has 16 heteroatoms. The normalized spacial score (nSPS) is 17.4. The van der Waals surface area contributed by atoms with Gasteiger partial charge in [0.05, 0.1) is 25.9 Å². The first-order chi connectivity index (χ1) is 23.3. The summed E-state index contributed by atoms with van der Waals surface area (Å²) in [5.74, 6) is -3.62. The molecule has 4 atom stereocenters. The van der Waals surface area contributed by atoms with E-state index in [1.807, 2.05) is 0 Å². The summed E-state index contributed by atoms with van der Waals surface area (Å²) in [6.07, 6.45) is -6.83. The van der Waals surface area contributed by atoms with Crippen LogP contribution in [0.5, 0.6) is 0 Å².